The van der Waals surface area contributed by atoms with Crippen molar-refractivity contribution in [2.75, 3.05) is 191 Å². The SMILES string of the molecule is C.CCCCCCCCCCCCC(O)CNCCCCCNCCNCC(O)CC.CCCCCCCCCCCCC(O)CNCCN(C)CCNCC(O)CC.CCCCCCCCCCCCC(O)CNCCOCCOCCNCC(O)CC.CCCCCCCCCCCCCCC(O)CNCCOCCOCCNCC(O)CC. The third-order valence-electron chi connectivity index (χ3n) is 22.5. The van der Waals surface area contributed by atoms with E-state index in [1.165, 1.54) is 263 Å². The molecular formula is C99H218N10O12. The van der Waals surface area contributed by atoms with E-state index in [1.807, 2.05) is 27.7 Å². The number of hydrogen-bond acceptors (Lipinski definition) is 22. The number of ether oxygens (including phenoxy) is 4. The number of nitrogens with one attached hydrogen (secondary N) is 9. The molecule has 0 amide bonds. The fourth-order valence-corrected chi connectivity index (χ4v) is 13.8. The average Bonchev–Trinajstić information content (AvgIpc) is 0.988. The summed E-state index contributed by atoms with van der Waals surface area (Å²) in [5.74, 6) is 0. The maximum atomic E-state index is 10.1. The van der Waals surface area contributed by atoms with Crippen LogP contribution in [0.3, 0.4) is 0 Å². The molecule has 0 radical (unpaired) electrons. The lowest BCUT2D eigenvalue weighted by atomic mass is 10.0. The Morgan fingerprint density at radius 1 is 0.190 bits per heavy atom. The molecule has 0 saturated heterocycles. The molecule has 22 nitrogen and oxygen atoms in total. The molecule has 0 fully saturated rings. The molecule has 8 atom stereocenters. The number of unbranched alkanes of at least 4 members (excludes halogenated alkanes) is 40. The van der Waals surface area contributed by atoms with Crippen LogP contribution in [-0.4, -0.2) is 285 Å². The monoisotopic (exact) mass is 1740 g/mol. The third kappa shape index (κ3) is 121. The van der Waals surface area contributed by atoms with E-state index in [0.717, 1.165) is 162 Å². The minimum absolute atomic E-state index is 0. The lowest BCUT2D eigenvalue weighted by Crippen LogP contribution is -2.37. The van der Waals surface area contributed by atoms with Gasteiger partial charge in [0.1, 0.15) is 0 Å². The van der Waals surface area contributed by atoms with Crippen LogP contribution in [0.5, 0.6) is 0 Å². The number of aliphatic hydroxyl groups is 8. The molecule has 0 rings (SSSR count). The van der Waals surface area contributed by atoms with Crippen molar-refractivity contribution in [3.05, 3.63) is 0 Å². The number of hydrogen-bond donors (Lipinski definition) is 17. The molecule has 8 unspecified atom stereocenters. The first-order chi connectivity index (χ1) is 58.7. The minimum Gasteiger partial charge on any atom is -0.392 e. The zero-order valence-electron chi connectivity index (χ0n) is 81.1. The van der Waals surface area contributed by atoms with Gasteiger partial charge in [-0.05, 0) is 84.3 Å². The van der Waals surface area contributed by atoms with Crippen molar-refractivity contribution in [1.29, 1.82) is 0 Å². The van der Waals surface area contributed by atoms with E-state index in [9.17, 15) is 40.9 Å². The van der Waals surface area contributed by atoms with E-state index in [-0.39, 0.29) is 56.3 Å². The Kier molecular flexibility index (Phi) is 122. The number of likely N-dealkylation sites (N-methyl/N-ethyl adjacent to an activating group) is 1. The van der Waals surface area contributed by atoms with Gasteiger partial charge < -0.3 is 113 Å². The van der Waals surface area contributed by atoms with E-state index in [4.69, 9.17) is 18.9 Å². The lowest BCUT2D eigenvalue weighted by molar-refractivity contribution is 0.0479. The fourth-order valence-electron chi connectivity index (χ4n) is 13.8. The van der Waals surface area contributed by atoms with E-state index >= 15 is 0 Å². The molecule has 0 bridgehead atoms. The summed E-state index contributed by atoms with van der Waals surface area (Å²) < 4.78 is 22.0. The van der Waals surface area contributed by atoms with Crippen molar-refractivity contribution >= 4 is 0 Å². The van der Waals surface area contributed by atoms with Gasteiger partial charge in [0.05, 0.1) is 102 Å². The summed E-state index contributed by atoms with van der Waals surface area (Å²) in [5, 5.41) is 108. The van der Waals surface area contributed by atoms with E-state index < -0.39 is 0 Å². The maximum Gasteiger partial charge on any atom is 0.0701 e. The highest BCUT2D eigenvalue weighted by molar-refractivity contribution is 4.68. The predicted molar refractivity (Wildman–Crippen MR) is 521 cm³/mol. The van der Waals surface area contributed by atoms with E-state index in [1.54, 1.807) is 0 Å². The summed E-state index contributed by atoms with van der Waals surface area (Å²) in [5.41, 5.74) is 0. The normalized spacial score (nSPS) is 13.5. The van der Waals surface area contributed by atoms with Crippen molar-refractivity contribution in [3.8, 4) is 0 Å². The van der Waals surface area contributed by atoms with Crippen molar-refractivity contribution in [3.63, 3.8) is 0 Å². The fraction of sp³-hybridized carbons (Fsp3) is 1.00. The van der Waals surface area contributed by atoms with E-state index in [2.05, 4.69) is 87.5 Å². The Balaban J connectivity index is -0.000000493. The summed E-state index contributed by atoms with van der Waals surface area (Å²) >= 11 is 0. The number of nitrogens with zero attached hydrogens (tertiary/aromatic N) is 1. The molecule has 0 aromatic carbocycles. The summed E-state index contributed by atoms with van der Waals surface area (Å²) in [6.45, 7) is 37.9. The molecule has 0 aromatic heterocycles. The van der Waals surface area contributed by atoms with Gasteiger partial charge in [-0.25, -0.2) is 0 Å². The van der Waals surface area contributed by atoms with Gasteiger partial charge in [-0.1, -0.05) is 339 Å². The topological polar surface area (TPSA) is 310 Å². The van der Waals surface area contributed by atoms with Gasteiger partial charge in [0.25, 0.3) is 0 Å². The summed E-state index contributed by atoms with van der Waals surface area (Å²) in [7, 11) is 2.11. The first-order valence-electron chi connectivity index (χ1n) is 51.5. The molecule has 0 aromatic rings. The van der Waals surface area contributed by atoms with Crippen LogP contribution in [0.1, 0.15) is 403 Å². The Morgan fingerprint density at radius 2 is 0.364 bits per heavy atom. The predicted octanol–water partition coefficient (Wildman–Crippen LogP) is 16.6. The number of rotatable bonds is 99. The quantitative estimate of drug-likeness (QED) is 0.0252. The summed E-state index contributed by atoms with van der Waals surface area (Å²) in [4.78, 5) is 2.27. The Bertz CT molecular complexity index is 1720. The van der Waals surface area contributed by atoms with E-state index in [0.29, 0.717) is 98.7 Å². The zero-order valence-corrected chi connectivity index (χ0v) is 81.1. The lowest BCUT2D eigenvalue weighted by Gasteiger charge is -2.18. The molecule has 0 aliphatic carbocycles. The average molecular weight is 1740 g/mol. The highest BCUT2D eigenvalue weighted by Gasteiger charge is 2.10. The first-order valence-corrected chi connectivity index (χ1v) is 51.5. The van der Waals surface area contributed by atoms with Crippen LogP contribution in [0.2, 0.25) is 0 Å². The highest BCUT2D eigenvalue weighted by Crippen LogP contribution is 2.17. The van der Waals surface area contributed by atoms with Crippen molar-refractivity contribution in [2.45, 2.75) is 452 Å². The molecule has 17 N–H and O–H groups in total. The van der Waals surface area contributed by atoms with Gasteiger partial charge in [-0.3, -0.25) is 0 Å². The molecule has 0 spiro atoms. The smallest absolute Gasteiger partial charge is 0.0701 e. The van der Waals surface area contributed by atoms with Gasteiger partial charge in [0.2, 0.25) is 0 Å². The Labute approximate surface area is 751 Å². The van der Waals surface area contributed by atoms with Gasteiger partial charge >= 0.3 is 0 Å². The molecular weight excluding hydrogens is 1520 g/mol. The molecule has 22 heteroatoms. The van der Waals surface area contributed by atoms with Gasteiger partial charge in [0, 0.05) is 118 Å². The maximum absolute atomic E-state index is 10.1. The largest absolute Gasteiger partial charge is 0.392 e. The van der Waals surface area contributed by atoms with Crippen molar-refractivity contribution in [2.24, 2.45) is 0 Å². The molecule has 0 aliphatic heterocycles. The second-order valence-electron chi connectivity index (χ2n) is 34.6. The van der Waals surface area contributed by atoms with Gasteiger partial charge in [-0.2, -0.15) is 0 Å². The molecule has 0 saturated carbocycles. The molecule has 0 heterocycles. The standard InChI is InChI=1S/C26H56N2O4.C25H55N3O2.C24H52N2O4.C23H51N3O2.CH4/c1-3-5-6-7-8-9-10-11-12-13-14-15-16-26(30)24-28-18-20-32-22-21-31-19-17-27-23-25(29)4-2;1-3-5-6-7-8-9-10-11-12-14-17-25(30)23-27-19-16-13-15-18-26-20-21-28-22-24(29)4-2;1-3-5-6-7-8-9-10-11-12-13-14-24(28)22-26-16-18-30-20-19-29-17-15-25-21-23(27)4-2;1-4-6-7-8-9-10-11-12-13-14-15-23(28)21-25-17-19-26(3)18-16-24-20-22(27)5-2;/h25-30H,3-24H2,1-2H3;24-30H,3-23H2,1-2H3;23-28H,3-22H2,1-2H3;22-25,27-28H,4-21H2,1-3H3;1H4. The zero-order chi connectivity index (χ0) is 88.7. The second-order valence-corrected chi connectivity index (χ2v) is 34.6. The van der Waals surface area contributed by atoms with Gasteiger partial charge in [-0.15, -0.1) is 0 Å². The molecule has 0 aliphatic rings. The Morgan fingerprint density at radius 3 is 0.595 bits per heavy atom. The highest BCUT2D eigenvalue weighted by atomic mass is 16.5. The first kappa shape index (κ1) is 129. The third-order valence-corrected chi connectivity index (χ3v) is 22.5. The van der Waals surface area contributed by atoms with Crippen LogP contribution < -0.4 is 47.9 Å². The van der Waals surface area contributed by atoms with Gasteiger partial charge in [0.15, 0.2) is 0 Å². The van der Waals surface area contributed by atoms with Crippen LogP contribution >= 0.6 is 0 Å². The van der Waals surface area contributed by atoms with Crippen LogP contribution in [-0.2, 0) is 18.9 Å². The minimum atomic E-state index is -0.270. The van der Waals surface area contributed by atoms with Crippen LogP contribution in [0, 0.1) is 0 Å². The summed E-state index contributed by atoms with van der Waals surface area (Å²) in [6, 6.07) is 0. The van der Waals surface area contributed by atoms with Crippen LogP contribution in [0.4, 0.5) is 0 Å². The second kappa shape index (κ2) is 115. The molecule has 736 valence electrons. The number of aliphatic hydroxyl groups excluding tert-OH is 8. The van der Waals surface area contributed by atoms with Crippen LogP contribution in [0.25, 0.3) is 0 Å². The summed E-state index contributed by atoms with van der Waals surface area (Å²) in [6.07, 6.45) is 64.9. The van der Waals surface area contributed by atoms with Crippen molar-refractivity contribution < 1.29 is 59.8 Å². The van der Waals surface area contributed by atoms with Crippen molar-refractivity contribution in [1.82, 2.24) is 52.8 Å². The van der Waals surface area contributed by atoms with Crippen LogP contribution in [0.15, 0.2) is 0 Å². The molecule has 121 heavy (non-hydrogen) atoms. The Hall–Kier alpha value is -0.880.